The van der Waals surface area contributed by atoms with Crippen LogP contribution in [-0.4, -0.2) is 52.8 Å². The number of rotatable bonds is 7. The fourth-order valence-corrected chi connectivity index (χ4v) is 3.22. The van der Waals surface area contributed by atoms with Crippen molar-refractivity contribution >= 4 is 11.6 Å². The van der Waals surface area contributed by atoms with E-state index in [2.05, 4.69) is 15.2 Å². The number of carbonyl (C=O) groups excluding carboxylic acids is 1. The van der Waals surface area contributed by atoms with E-state index < -0.39 is 70.6 Å². The number of nitrogens with one attached hydrogen (secondary N) is 2. The molecule has 3 N–H and O–H groups in total. The number of nitrogens with zero attached hydrogens (tertiary/aromatic N) is 5. The summed E-state index contributed by atoms with van der Waals surface area (Å²) in [5.41, 5.74) is -4.70. The number of aliphatic hydroxyl groups excluding tert-OH is 1. The Labute approximate surface area is 208 Å². The van der Waals surface area contributed by atoms with Crippen molar-refractivity contribution in [1.82, 2.24) is 29.5 Å². The van der Waals surface area contributed by atoms with E-state index in [0.29, 0.717) is 17.7 Å². The lowest BCUT2D eigenvalue weighted by atomic mass is 10.2. The Kier molecular flexibility index (Phi) is 7.58. The number of alkyl halides is 6. The Bertz CT molecular complexity index is 1410. The van der Waals surface area contributed by atoms with Gasteiger partial charge in [0.15, 0.2) is 29.3 Å². The molecule has 2 atom stereocenters. The quantitative estimate of drug-likeness (QED) is 0.380. The van der Waals surface area contributed by atoms with Gasteiger partial charge in [-0.2, -0.15) is 41.1 Å². The van der Waals surface area contributed by atoms with Gasteiger partial charge in [-0.3, -0.25) is 14.5 Å². The standard InChI is InChI=1S/C20H20F7N7O4/c1-5-33-14(8(3)35)32-34(18(33)37)15-11(21)6-10(17(29-15)38-9(4)19(22,23)24)16(36)28-12-7(2)30-31-13(12)20(25,26)27/h6,8-9,35H,5H2,1-4H3,(H,28,36)(H,30,31)/t8?,9-/m0/s1. The maximum absolute atomic E-state index is 15.1. The Morgan fingerprint density at radius 3 is 2.37 bits per heavy atom. The molecule has 0 saturated heterocycles. The molecule has 0 saturated carbocycles. The lowest BCUT2D eigenvalue weighted by molar-refractivity contribution is -0.190. The van der Waals surface area contributed by atoms with Gasteiger partial charge in [0.25, 0.3) is 5.91 Å². The number of halogens is 7. The van der Waals surface area contributed by atoms with Crippen molar-refractivity contribution in [2.24, 2.45) is 0 Å². The van der Waals surface area contributed by atoms with Crippen LogP contribution in [0.15, 0.2) is 10.9 Å². The molecule has 1 amide bonds. The Morgan fingerprint density at radius 2 is 1.87 bits per heavy atom. The second kappa shape index (κ2) is 10.1. The minimum atomic E-state index is -5.02. The number of anilines is 1. The van der Waals surface area contributed by atoms with Crippen LogP contribution in [0.3, 0.4) is 0 Å². The first-order chi connectivity index (χ1) is 17.5. The molecule has 11 nitrogen and oxygen atoms in total. The summed E-state index contributed by atoms with van der Waals surface area (Å²) in [5.74, 6) is -5.34. The fraction of sp³-hybridized carbons (Fsp3) is 0.450. The minimum absolute atomic E-state index is 0.0266. The average Bonchev–Trinajstić information content (AvgIpc) is 3.33. The van der Waals surface area contributed by atoms with E-state index in [-0.39, 0.29) is 18.1 Å². The van der Waals surface area contributed by atoms with E-state index in [1.165, 1.54) is 13.8 Å². The van der Waals surface area contributed by atoms with Crippen LogP contribution in [0.4, 0.5) is 36.4 Å². The van der Waals surface area contributed by atoms with Crippen LogP contribution in [0, 0.1) is 12.7 Å². The molecule has 38 heavy (non-hydrogen) atoms. The Hall–Kier alpha value is -3.96. The molecule has 3 aromatic rings. The van der Waals surface area contributed by atoms with E-state index in [9.17, 15) is 41.0 Å². The number of hydrogen-bond acceptors (Lipinski definition) is 7. The highest BCUT2D eigenvalue weighted by Crippen LogP contribution is 2.35. The molecular formula is C20H20F7N7O4. The maximum atomic E-state index is 15.1. The number of hydrogen-bond donors (Lipinski definition) is 3. The number of aliphatic hydroxyl groups is 1. The third kappa shape index (κ3) is 5.48. The van der Waals surface area contributed by atoms with Crippen molar-refractivity contribution in [3.8, 4) is 11.7 Å². The summed E-state index contributed by atoms with van der Waals surface area (Å²) in [5, 5.41) is 20.5. The van der Waals surface area contributed by atoms with E-state index >= 15 is 4.39 Å². The van der Waals surface area contributed by atoms with Crippen LogP contribution in [0.25, 0.3) is 5.82 Å². The van der Waals surface area contributed by atoms with E-state index in [1.54, 1.807) is 0 Å². The number of carbonyl (C=O) groups is 1. The predicted molar refractivity (Wildman–Crippen MR) is 114 cm³/mol. The van der Waals surface area contributed by atoms with Crippen LogP contribution < -0.4 is 15.7 Å². The molecule has 3 aromatic heterocycles. The second-order valence-electron chi connectivity index (χ2n) is 7.95. The predicted octanol–water partition coefficient (Wildman–Crippen LogP) is 3.27. The Morgan fingerprint density at radius 1 is 1.24 bits per heavy atom. The first kappa shape index (κ1) is 28.6. The molecule has 3 rings (SSSR count). The molecule has 0 spiro atoms. The molecule has 0 aliphatic rings. The lowest BCUT2D eigenvalue weighted by Crippen LogP contribution is -2.33. The number of pyridine rings is 1. The highest BCUT2D eigenvalue weighted by molar-refractivity contribution is 6.06. The van der Waals surface area contributed by atoms with Crippen molar-refractivity contribution < 1.29 is 45.4 Å². The third-order valence-electron chi connectivity index (χ3n) is 5.15. The van der Waals surface area contributed by atoms with Crippen LogP contribution >= 0.6 is 0 Å². The van der Waals surface area contributed by atoms with Crippen molar-refractivity contribution in [3.63, 3.8) is 0 Å². The molecule has 0 aliphatic heterocycles. The summed E-state index contributed by atoms with van der Waals surface area (Å²) >= 11 is 0. The van der Waals surface area contributed by atoms with E-state index in [4.69, 9.17) is 4.74 Å². The molecule has 1 unspecified atom stereocenters. The monoisotopic (exact) mass is 555 g/mol. The van der Waals surface area contributed by atoms with Gasteiger partial charge in [0.2, 0.25) is 5.88 Å². The zero-order chi connectivity index (χ0) is 28.7. The van der Waals surface area contributed by atoms with Gasteiger partial charge in [-0.15, -0.1) is 5.10 Å². The normalized spacial score (nSPS) is 13.9. The Balaban J connectivity index is 2.18. The second-order valence-corrected chi connectivity index (χ2v) is 7.95. The van der Waals surface area contributed by atoms with E-state index in [1.807, 2.05) is 10.4 Å². The first-order valence-corrected chi connectivity index (χ1v) is 10.7. The largest absolute Gasteiger partial charge is 0.464 e. The molecule has 0 fully saturated rings. The zero-order valence-electron chi connectivity index (χ0n) is 20.0. The zero-order valence-corrected chi connectivity index (χ0v) is 20.0. The van der Waals surface area contributed by atoms with Gasteiger partial charge >= 0.3 is 18.0 Å². The summed E-state index contributed by atoms with van der Waals surface area (Å²) in [7, 11) is 0. The average molecular weight is 555 g/mol. The van der Waals surface area contributed by atoms with Crippen LogP contribution in [0.1, 0.15) is 54.4 Å². The minimum Gasteiger partial charge on any atom is -0.464 e. The first-order valence-electron chi connectivity index (χ1n) is 10.7. The third-order valence-corrected chi connectivity index (χ3v) is 5.15. The van der Waals surface area contributed by atoms with Crippen LogP contribution in [0.2, 0.25) is 0 Å². The molecule has 3 heterocycles. The molecule has 0 aromatic carbocycles. The molecule has 0 radical (unpaired) electrons. The fourth-order valence-electron chi connectivity index (χ4n) is 3.22. The topological polar surface area (TPSA) is 140 Å². The van der Waals surface area contributed by atoms with Crippen molar-refractivity contribution in [2.75, 3.05) is 5.32 Å². The molecule has 0 aliphatic carbocycles. The molecule has 208 valence electrons. The van der Waals surface area contributed by atoms with Gasteiger partial charge in [0, 0.05) is 6.54 Å². The summed E-state index contributed by atoms with van der Waals surface area (Å²) in [6.45, 7) is 4.39. The van der Waals surface area contributed by atoms with Crippen molar-refractivity contribution in [3.05, 3.63) is 45.1 Å². The lowest BCUT2D eigenvalue weighted by Gasteiger charge is -2.19. The SMILES string of the molecule is CCn1c(C(C)O)nn(-c2nc(O[C@@H](C)C(F)(F)F)c(C(=O)Nc3c(C(F)(F)F)n[nH]c3C)cc2F)c1=O. The summed E-state index contributed by atoms with van der Waals surface area (Å²) in [6, 6.07) is 0.332. The van der Waals surface area contributed by atoms with Crippen molar-refractivity contribution in [2.45, 2.75) is 58.8 Å². The van der Waals surface area contributed by atoms with Gasteiger partial charge in [0.1, 0.15) is 11.7 Å². The number of aryl methyl sites for hydroxylation is 1. The highest BCUT2D eigenvalue weighted by Gasteiger charge is 2.41. The van der Waals surface area contributed by atoms with Crippen LogP contribution in [-0.2, 0) is 12.7 Å². The molecule has 0 bridgehead atoms. The van der Waals surface area contributed by atoms with Gasteiger partial charge in [-0.25, -0.2) is 9.18 Å². The molecule has 18 heteroatoms. The smallest absolute Gasteiger partial charge is 0.437 e. The van der Waals surface area contributed by atoms with Gasteiger partial charge in [-0.1, -0.05) is 0 Å². The summed E-state index contributed by atoms with van der Waals surface area (Å²) in [4.78, 5) is 29.1. The number of aromatic amines is 1. The summed E-state index contributed by atoms with van der Waals surface area (Å²) in [6.07, 6.45) is -13.9. The van der Waals surface area contributed by atoms with Gasteiger partial charge in [0.05, 0.1) is 11.4 Å². The maximum Gasteiger partial charge on any atom is 0.437 e. The van der Waals surface area contributed by atoms with Gasteiger partial charge in [-0.05, 0) is 33.8 Å². The number of ether oxygens (including phenoxy) is 1. The highest BCUT2D eigenvalue weighted by atomic mass is 19.4. The summed E-state index contributed by atoms with van der Waals surface area (Å²) < 4.78 is 100. The number of H-pyrrole nitrogens is 1. The number of amides is 1. The van der Waals surface area contributed by atoms with Gasteiger partial charge < -0.3 is 15.2 Å². The van der Waals surface area contributed by atoms with Crippen LogP contribution in [0.5, 0.6) is 5.88 Å². The molecular weight excluding hydrogens is 535 g/mol. The van der Waals surface area contributed by atoms with Crippen molar-refractivity contribution in [1.29, 1.82) is 0 Å². The van der Waals surface area contributed by atoms with E-state index in [0.717, 1.165) is 11.5 Å². The number of aromatic nitrogens is 6.